The molecule has 6 heteroatoms. The van der Waals surface area contributed by atoms with Crippen LogP contribution in [-0.4, -0.2) is 47.1 Å². The first-order valence-corrected chi connectivity index (χ1v) is 10.8. The molecular formula is C25H25NO5. The largest absolute Gasteiger partial charge is 0.507 e. The van der Waals surface area contributed by atoms with Gasteiger partial charge in [-0.05, 0) is 49.1 Å². The third-order valence-corrected chi connectivity index (χ3v) is 6.25. The minimum atomic E-state index is -0.658. The molecule has 2 aromatic carbocycles. The zero-order valence-corrected chi connectivity index (χ0v) is 17.4. The van der Waals surface area contributed by atoms with E-state index in [0.29, 0.717) is 18.7 Å². The summed E-state index contributed by atoms with van der Waals surface area (Å²) in [5.41, 5.74) is 2.43. The zero-order chi connectivity index (χ0) is 21.5. The molecule has 0 spiro atoms. The lowest BCUT2D eigenvalue weighted by molar-refractivity contribution is -0.140. The van der Waals surface area contributed by atoms with Crippen LogP contribution in [0.4, 0.5) is 0 Å². The number of aliphatic hydroxyl groups excluding tert-OH is 1. The van der Waals surface area contributed by atoms with Crippen molar-refractivity contribution in [3.63, 3.8) is 0 Å². The molecule has 0 bridgehead atoms. The first-order chi connectivity index (χ1) is 15.0. The fourth-order valence-electron chi connectivity index (χ4n) is 4.78. The van der Waals surface area contributed by atoms with Crippen LogP contribution in [-0.2, 0) is 20.7 Å². The van der Waals surface area contributed by atoms with Crippen LogP contribution in [0.3, 0.4) is 0 Å². The zero-order valence-electron chi connectivity index (χ0n) is 17.4. The fourth-order valence-corrected chi connectivity index (χ4v) is 4.78. The summed E-state index contributed by atoms with van der Waals surface area (Å²) >= 11 is 0. The molecule has 160 valence electrons. The molecular weight excluding hydrogens is 394 g/mol. The number of ketones is 1. The van der Waals surface area contributed by atoms with Gasteiger partial charge in [-0.25, -0.2) is 0 Å². The number of fused-ring (bicyclic) bond motifs is 1. The third-order valence-electron chi connectivity index (χ3n) is 6.25. The fraction of sp³-hybridized carbons (Fsp3) is 0.360. The normalized spacial score (nSPS) is 26.9. The number of ether oxygens (including phenoxy) is 2. The van der Waals surface area contributed by atoms with Crippen molar-refractivity contribution < 1.29 is 24.2 Å². The molecule has 3 aliphatic rings. The highest BCUT2D eigenvalue weighted by atomic mass is 16.5. The lowest BCUT2D eigenvalue weighted by Crippen LogP contribution is -2.36. The summed E-state index contributed by atoms with van der Waals surface area (Å²) in [5, 5.41) is 11.2. The number of Topliss-reactive ketones (excluding diaryl/α,β-unsaturated/α-hetero) is 1. The van der Waals surface area contributed by atoms with Crippen molar-refractivity contribution in [2.75, 3.05) is 13.2 Å². The van der Waals surface area contributed by atoms with Crippen molar-refractivity contribution in [3.05, 3.63) is 70.8 Å². The van der Waals surface area contributed by atoms with E-state index < -0.39 is 17.7 Å². The number of hydrogen-bond acceptors (Lipinski definition) is 5. The maximum atomic E-state index is 13.1. The molecule has 1 N–H and O–H groups in total. The number of hydrogen-bond donors (Lipinski definition) is 1. The molecule has 5 rings (SSSR count). The van der Waals surface area contributed by atoms with Crippen molar-refractivity contribution in [3.8, 4) is 5.75 Å². The molecule has 0 saturated carbocycles. The molecule has 3 heterocycles. The number of nitrogens with zero attached hydrogens (tertiary/aromatic N) is 1. The van der Waals surface area contributed by atoms with Gasteiger partial charge in [0.15, 0.2) is 0 Å². The molecule has 2 aromatic rings. The SMILES string of the molecule is C[C@@H]1Cc2cc(C(O)=C3C(=O)C(=O)N(C[C@@H]4CCCO4)[C@@H]3c3ccccc3)ccc2O1. The molecule has 3 atom stereocenters. The highest BCUT2D eigenvalue weighted by molar-refractivity contribution is 6.46. The van der Waals surface area contributed by atoms with Gasteiger partial charge in [0.1, 0.15) is 17.6 Å². The van der Waals surface area contributed by atoms with Gasteiger partial charge in [-0.1, -0.05) is 30.3 Å². The molecule has 3 aliphatic heterocycles. The van der Waals surface area contributed by atoms with Gasteiger partial charge in [0.2, 0.25) is 0 Å². The first kappa shape index (κ1) is 19.8. The molecule has 2 saturated heterocycles. The van der Waals surface area contributed by atoms with Crippen molar-refractivity contribution >= 4 is 17.4 Å². The number of carbonyl (C=O) groups excluding carboxylic acids is 2. The standard InChI is InChI=1S/C25H25NO5/c1-15-12-18-13-17(9-10-20(18)31-15)23(27)21-22(16-6-3-2-4-7-16)26(25(29)24(21)28)14-19-8-5-11-30-19/h2-4,6-7,9-10,13,15,19,22,27H,5,8,11-12,14H2,1H3/t15-,19+,22-/m1/s1. The predicted molar refractivity (Wildman–Crippen MR) is 115 cm³/mol. The lowest BCUT2D eigenvalue weighted by Gasteiger charge is -2.27. The molecule has 0 aliphatic carbocycles. The van der Waals surface area contributed by atoms with Crippen LogP contribution in [0.25, 0.3) is 5.76 Å². The monoisotopic (exact) mass is 419 g/mol. The number of rotatable bonds is 4. The van der Waals surface area contributed by atoms with Crippen LogP contribution in [0.1, 0.15) is 42.5 Å². The van der Waals surface area contributed by atoms with Gasteiger partial charge in [-0.3, -0.25) is 9.59 Å². The van der Waals surface area contributed by atoms with E-state index in [1.165, 1.54) is 0 Å². The minimum absolute atomic E-state index is 0.0775. The quantitative estimate of drug-likeness (QED) is 0.466. The van der Waals surface area contributed by atoms with Crippen molar-refractivity contribution in [2.45, 2.75) is 44.4 Å². The Morgan fingerprint density at radius 2 is 1.97 bits per heavy atom. The summed E-state index contributed by atoms with van der Waals surface area (Å²) in [4.78, 5) is 27.7. The Labute approximate surface area is 181 Å². The van der Waals surface area contributed by atoms with E-state index in [-0.39, 0.29) is 23.5 Å². The summed E-state index contributed by atoms with van der Waals surface area (Å²) in [5.74, 6) is -0.606. The van der Waals surface area contributed by atoms with Gasteiger partial charge in [-0.2, -0.15) is 0 Å². The molecule has 2 fully saturated rings. The summed E-state index contributed by atoms with van der Waals surface area (Å²) in [7, 11) is 0. The molecule has 0 aromatic heterocycles. The van der Waals surface area contributed by atoms with Crippen molar-refractivity contribution in [2.24, 2.45) is 0 Å². The number of carbonyl (C=O) groups is 2. The number of aliphatic hydroxyl groups is 1. The van der Waals surface area contributed by atoms with E-state index in [0.717, 1.165) is 36.1 Å². The van der Waals surface area contributed by atoms with E-state index in [1.807, 2.05) is 49.4 Å². The number of amides is 1. The van der Waals surface area contributed by atoms with Gasteiger partial charge in [0.05, 0.1) is 17.7 Å². The molecule has 1 amide bonds. The lowest BCUT2D eigenvalue weighted by atomic mass is 9.94. The van der Waals surface area contributed by atoms with Gasteiger partial charge in [-0.15, -0.1) is 0 Å². The highest BCUT2D eigenvalue weighted by Gasteiger charge is 2.47. The average molecular weight is 419 g/mol. The van der Waals surface area contributed by atoms with Gasteiger partial charge in [0.25, 0.3) is 11.7 Å². The predicted octanol–water partition coefficient (Wildman–Crippen LogP) is 3.61. The number of likely N-dealkylation sites (tertiary alicyclic amines) is 1. The van der Waals surface area contributed by atoms with E-state index >= 15 is 0 Å². The Bertz CT molecular complexity index is 1050. The summed E-state index contributed by atoms with van der Waals surface area (Å²) in [6, 6.07) is 14.1. The second kappa shape index (κ2) is 7.85. The van der Waals surface area contributed by atoms with Gasteiger partial charge < -0.3 is 19.5 Å². The van der Waals surface area contributed by atoms with E-state index in [2.05, 4.69) is 0 Å². The second-order valence-corrected chi connectivity index (χ2v) is 8.45. The third kappa shape index (κ3) is 3.51. The Balaban J connectivity index is 1.59. The van der Waals surface area contributed by atoms with Crippen molar-refractivity contribution in [1.82, 2.24) is 4.90 Å². The van der Waals surface area contributed by atoms with Crippen molar-refractivity contribution in [1.29, 1.82) is 0 Å². The molecule has 31 heavy (non-hydrogen) atoms. The van der Waals surface area contributed by atoms with Gasteiger partial charge >= 0.3 is 0 Å². The van der Waals surface area contributed by atoms with Crippen LogP contribution < -0.4 is 4.74 Å². The minimum Gasteiger partial charge on any atom is -0.507 e. The van der Waals surface area contributed by atoms with Crippen LogP contribution in [0.15, 0.2) is 54.1 Å². The molecule has 0 radical (unpaired) electrons. The summed E-state index contributed by atoms with van der Waals surface area (Å²) in [6.07, 6.45) is 2.52. The Morgan fingerprint density at radius 1 is 1.16 bits per heavy atom. The summed E-state index contributed by atoms with van der Waals surface area (Å²) < 4.78 is 11.5. The Hall–Kier alpha value is -3.12. The second-order valence-electron chi connectivity index (χ2n) is 8.45. The van der Waals surface area contributed by atoms with E-state index in [9.17, 15) is 14.7 Å². The Kier molecular flexibility index (Phi) is 5.02. The highest BCUT2D eigenvalue weighted by Crippen LogP contribution is 2.41. The average Bonchev–Trinajstić information content (AvgIpc) is 3.48. The first-order valence-electron chi connectivity index (χ1n) is 10.8. The van der Waals surface area contributed by atoms with E-state index in [1.54, 1.807) is 11.0 Å². The maximum Gasteiger partial charge on any atom is 0.295 e. The molecule has 6 nitrogen and oxygen atoms in total. The Morgan fingerprint density at radius 3 is 2.71 bits per heavy atom. The van der Waals surface area contributed by atoms with Crippen LogP contribution in [0.2, 0.25) is 0 Å². The van der Waals surface area contributed by atoms with Crippen LogP contribution in [0.5, 0.6) is 5.75 Å². The van der Waals surface area contributed by atoms with Crippen LogP contribution in [0, 0.1) is 0 Å². The number of benzene rings is 2. The van der Waals surface area contributed by atoms with Crippen LogP contribution >= 0.6 is 0 Å². The topological polar surface area (TPSA) is 76.1 Å². The smallest absolute Gasteiger partial charge is 0.295 e. The molecule has 0 unspecified atom stereocenters. The summed E-state index contributed by atoms with van der Waals surface area (Å²) in [6.45, 7) is 2.99. The maximum absolute atomic E-state index is 13.1. The van der Waals surface area contributed by atoms with Gasteiger partial charge in [0, 0.05) is 25.1 Å². The van der Waals surface area contributed by atoms with E-state index in [4.69, 9.17) is 9.47 Å².